The number of aromatic nitrogens is 2. The summed E-state index contributed by atoms with van der Waals surface area (Å²) in [5.74, 6) is 0.527. The number of unbranched alkanes of at least 4 members (excludes halogenated alkanes) is 11. The van der Waals surface area contributed by atoms with Crippen LogP contribution >= 0.6 is 0 Å². The summed E-state index contributed by atoms with van der Waals surface area (Å²) >= 11 is 0. The first-order valence-electron chi connectivity index (χ1n) is 9.30. The maximum Gasteiger partial charge on any atom is 0.438 e. The van der Waals surface area contributed by atoms with E-state index < -0.39 is 5.76 Å². The molecule has 0 aromatic carbocycles. The zero-order valence-corrected chi connectivity index (χ0v) is 14.5. The van der Waals surface area contributed by atoms with E-state index >= 15 is 0 Å². The molecule has 0 spiro atoms. The number of H-pyrrole nitrogens is 1. The largest absolute Gasteiger partial charge is 0.438 e. The Morgan fingerprint density at radius 1 is 0.909 bits per heavy atom. The predicted molar refractivity (Wildman–Crippen MR) is 91.2 cm³/mol. The molecule has 0 saturated carbocycles. The van der Waals surface area contributed by atoms with Crippen LogP contribution in [0.15, 0.2) is 9.32 Å². The predicted octanol–water partition coefficient (Wildman–Crippen LogP) is 5.56. The van der Waals surface area contributed by atoms with Gasteiger partial charge in [-0.2, -0.15) is 0 Å². The van der Waals surface area contributed by atoms with Gasteiger partial charge >= 0.3 is 5.76 Å². The molecular formula is C18H34N2O2. The van der Waals surface area contributed by atoms with Gasteiger partial charge in [-0.3, -0.25) is 9.51 Å². The minimum Gasteiger partial charge on any atom is -0.296 e. The minimum atomic E-state index is -0.448. The highest BCUT2D eigenvalue weighted by molar-refractivity contribution is 4.88. The molecule has 0 aliphatic rings. The fourth-order valence-corrected chi connectivity index (χ4v) is 2.88. The number of nitrogens with zero attached hydrogens (tertiary/aromatic N) is 1. The molecule has 1 rings (SSSR count). The van der Waals surface area contributed by atoms with E-state index in [1.54, 1.807) is 0 Å². The first-order valence-corrected chi connectivity index (χ1v) is 9.30. The Labute approximate surface area is 135 Å². The van der Waals surface area contributed by atoms with Gasteiger partial charge in [-0.25, -0.2) is 4.79 Å². The van der Waals surface area contributed by atoms with Crippen LogP contribution in [0.5, 0.6) is 0 Å². The van der Waals surface area contributed by atoms with Crippen LogP contribution in [0.2, 0.25) is 0 Å². The highest BCUT2D eigenvalue weighted by atomic mass is 16.5. The highest BCUT2D eigenvalue weighted by Crippen LogP contribution is 2.18. The third-order valence-electron chi connectivity index (χ3n) is 4.41. The van der Waals surface area contributed by atoms with E-state index in [1.807, 2.05) is 0 Å². The lowest BCUT2D eigenvalue weighted by atomic mass is 10.0. The SMILES string of the molecule is CCCCCCCCCCCCCCC(C)c1noc(=O)[nH]1. The number of aromatic amines is 1. The monoisotopic (exact) mass is 310 g/mol. The van der Waals surface area contributed by atoms with Crippen molar-refractivity contribution in [2.24, 2.45) is 0 Å². The molecular weight excluding hydrogens is 276 g/mol. The van der Waals surface area contributed by atoms with Gasteiger partial charge in [-0.05, 0) is 6.42 Å². The standard InChI is InChI=1S/C18H34N2O2/c1-3-4-5-6-7-8-9-10-11-12-13-14-15-16(2)17-19-18(21)22-20-17/h16H,3-15H2,1-2H3,(H,19,20,21). The Hall–Kier alpha value is -1.06. The van der Waals surface area contributed by atoms with Gasteiger partial charge in [0, 0.05) is 5.92 Å². The van der Waals surface area contributed by atoms with E-state index in [9.17, 15) is 4.79 Å². The molecule has 4 heteroatoms. The van der Waals surface area contributed by atoms with Crippen molar-refractivity contribution in [3.63, 3.8) is 0 Å². The van der Waals surface area contributed by atoms with Crippen LogP contribution < -0.4 is 5.76 Å². The van der Waals surface area contributed by atoms with Gasteiger partial charge in [0.2, 0.25) is 0 Å². The molecule has 1 aromatic rings. The number of hydrogen-bond acceptors (Lipinski definition) is 3. The van der Waals surface area contributed by atoms with Gasteiger partial charge in [0.25, 0.3) is 0 Å². The van der Waals surface area contributed by atoms with Crippen molar-refractivity contribution in [1.29, 1.82) is 0 Å². The van der Waals surface area contributed by atoms with Crippen LogP contribution in [-0.4, -0.2) is 10.1 Å². The molecule has 0 radical (unpaired) electrons. The van der Waals surface area contributed by atoms with E-state index in [4.69, 9.17) is 0 Å². The smallest absolute Gasteiger partial charge is 0.296 e. The lowest BCUT2D eigenvalue weighted by Gasteiger charge is -2.06. The third kappa shape index (κ3) is 9.06. The summed E-state index contributed by atoms with van der Waals surface area (Å²) in [4.78, 5) is 13.5. The van der Waals surface area contributed by atoms with Crippen molar-refractivity contribution in [3.05, 3.63) is 16.4 Å². The van der Waals surface area contributed by atoms with E-state index in [1.165, 1.54) is 77.0 Å². The summed E-state index contributed by atoms with van der Waals surface area (Å²) in [6.45, 7) is 4.36. The van der Waals surface area contributed by atoms with Crippen LogP contribution in [0.1, 0.15) is 109 Å². The molecule has 128 valence electrons. The molecule has 1 heterocycles. The molecule has 1 N–H and O–H groups in total. The lowest BCUT2D eigenvalue weighted by molar-refractivity contribution is 0.376. The van der Waals surface area contributed by atoms with Crippen LogP contribution in [-0.2, 0) is 0 Å². The van der Waals surface area contributed by atoms with Gasteiger partial charge in [0.15, 0.2) is 5.82 Å². The first kappa shape index (κ1) is 19.0. The fraction of sp³-hybridized carbons (Fsp3) is 0.889. The van der Waals surface area contributed by atoms with Crippen molar-refractivity contribution in [1.82, 2.24) is 10.1 Å². The van der Waals surface area contributed by atoms with Crippen molar-refractivity contribution in [3.8, 4) is 0 Å². The van der Waals surface area contributed by atoms with Crippen LogP contribution in [0, 0.1) is 0 Å². The fourth-order valence-electron chi connectivity index (χ4n) is 2.88. The number of nitrogens with one attached hydrogen (secondary N) is 1. The van der Waals surface area contributed by atoms with Crippen LogP contribution in [0.3, 0.4) is 0 Å². The second kappa shape index (κ2) is 12.5. The average molecular weight is 310 g/mol. The van der Waals surface area contributed by atoms with Crippen LogP contribution in [0.25, 0.3) is 0 Å². The Bertz CT molecular complexity index is 411. The number of rotatable bonds is 14. The van der Waals surface area contributed by atoms with E-state index in [0.29, 0.717) is 5.82 Å². The maximum absolute atomic E-state index is 10.9. The Morgan fingerprint density at radius 2 is 1.41 bits per heavy atom. The Morgan fingerprint density at radius 3 is 1.86 bits per heavy atom. The molecule has 0 amide bonds. The molecule has 1 aromatic heterocycles. The molecule has 0 bridgehead atoms. The van der Waals surface area contributed by atoms with Gasteiger partial charge in [-0.1, -0.05) is 96.1 Å². The second-order valence-electron chi connectivity index (χ2n) is 6.56. The molecule has 0 aliphatic carbocycles. The summed E-state index contributed by atoms with van der Waals surface area (Å²) < 4.78 is 4.54. The normalized spacial score (nSPS) is 12.6. The summed E-state index contributed by atoms with van der Waals surface area (Å²) in [6.07, 6.45) is 17.5. The lowest BCUT2D eigenvalue weighted by Crippen LogP contribution is -2.01. The molecule has 22 heavy (non-hydrogen) atoms. The molecule has 1 unspecified atom stereocenters. The molecule has 0 saturated heterocycles. The average Bonchev–Trinajstić information content (AvgIpc) is 2.95. The van der Waals surface area contributed by atoms with Crippen molar-refractivity contribution >= 4 is 0 Å². The van der Waals surface area contributed by atoms with Gasteiger partial charge in [0.1, 0.15) is 0 Å². The van der Waals surface area contributed by atoms with Gasteiger partial charge < -0.3 is 0 Å². The Kier molecular flexibility index (Phi) is 10.8. The highest BCUT2D eigenvalue weighted by Gasteiger charge is 2.10. The van der Waals surface area contributed by atoms with Gasteiger partial charge in [0.05, 0.1) is 0 Å². The van der Waals surface area contributed by atoms with E-state index in [2.05, 4.69) is 28.5 Å². The van der Waals surface area contributed by atoms with Crippen molar-refractivity contribution in [2.45, 2.75) is 103 Å². The summed E-state index contributed by atoms with van der Waals surface area (Å²) in [5.41, 5.74) is 0. The molecule has 1 atom stereocenters. The third-order valence-corrected chi connectivity index (χ3v) is 4.41. The molecule has 0 aliphatic heterocycles. The van der Waals surface area contributed by atoms with E-state index in [-0.39, 0.29) is 5.92 Å². The van der Waals surface area contributed by atoms with Crippen molar-refractivity contribution in [2.75, 3.05) is 0 Å². The van der Waals surface area contributed by atoms with Crippen molar-refractivity contribution < 1.29 is 4.52 Å². The first-order chi connectivity index (χ1) is 10.7. The molecule has 0 fully saturated rings. The summed E-state index contributed by atoms with van der Waals surface area (Å²) in [5, 5.41) is 3.75. The number of hydrogen-bond donors (Lipinski definition) is 1. The molecule has 4 nitrogen and oxygen atoms in total. The van der Waals surface area contributed by atoms with Gasteiger partial charge in [-0.15, -0.1) is 0 Å². The minimum absolute atomic E-state index is 0.287. The zero-order chi connectivity index (χ0) is 16.0. The second-order valence-corrected chi connectivity index (χ2v) is 6.56. The zero-order valence-electron chi connectivity index (χ0n) is 14.5. The summed E-state index contributed by atoms with van der Waals surface area (Å²) in [6, 6.07) is 0. The summed E-state index contributed by atoms with van der Waals surface area (Å²) in [7, 11) is 0. The van der Waals surface area contributed by atoms with Crippen LogP contribution in [0.4, 0.5) is 0 Å². The maximum atomic E-state index is 10.9. The van der Waals surface area contributed by atoms with E-state index in [0.717, 1.165) is 6.42 Å². The Balaban J connectivity index is 1.84. The topological polar surface area (TPSA) is 58.9 Å². The quantitative estimate of drug-likeness (QED) is 0.458.